The molecule has 0 aliphatic heterocycles. The number of benzene rings is 3. The van der Waals surface area contributed by atoms with E-state index in [0.717, 1.165) is 0 Å². The van der Waals surface area contributed by atoms with Crippen LogP contribution in [-0.2, 0) is 0 Å². The van der Waals surface area contributed by atoms with E-state index >= 15 is 0 Å². The van der Waals surface area contributed by atoms with E-state index in [0.29, 0.717) is 28.0 Å². The smallest absolute Gasteiger partial charge is 0.289 e. The molecule has 0 unspecified atom stereocenters. The van der Waals surface area contributed by atoms with Gasteiger partial charge in [0.05, 0.1) is 35.7 Å². The van der Waals surface area contributed by atoms with Crippen LogP contribution in [0, 0.1) is 10.1 Å². The Bertz CT molecular complexity index is 1460. The Morgan fingerprint density at radius 2 is 1.82 bits per heavy atom. The molecular weight excluding hydrogens is 446 g/mol. The third-order valence-electron chi connectivity index (χ3n) is 5.03. The summed E-state index contributed by atoms with van der Waals surface area (Å²) in [5.74, 6) is 1.35. The van der Waals surface area contributed by atoms with Crippen LogP contribution in [0.2, 0.25) is 5.02 Å². The molecule has 0 aliphatic rings. The first-order valence-electron chi connectivity index (χ1n) is 9.79. The molecule has 0 saturated heterocycles. The van der Waals surface area contributed by atoms with Gasteiger partial charge in [-0.2, -0.15) is 0 Å². The Morgan fingerprint density at radius 3 is 2.55 bits per heavy atom. The molecule has 1 heterocycles. The van der Waals surface area contributed by atoms with Gasteiger partial charge in [-0.1, -0.05) is 35.9 Å². The largest absolute Gasteiger partial charge is 0.493 e. The molecule has 0 bridgehead atoms. The van der Waals surface area contributed by atoms with Crippen molar-refractivity contribution in [2.24, 2.45) is 0 Å². The number of fused-ring (bicyclic) bond motifs is 1. The van der Waals surface area contributed by atoms with Gasteiger partial charge < -0.3 is 9.47 Å². The highest BCUT2D eigenvalue weighted by Gasteiger charge is 2.17. The summed E-state index contributed by atoms with van der Waals surface area (Å²) in [6.45, 7) is 0. The van der Waals surface area contributed by atoms with Gasteiger partial charge in [0.2, 0.25) is 0 Å². The van der Waals surface area contributed by atoms with Gasteiger partial charge >= 0.3 is 0 Å². The Labute approximate surface area is 193 Å². The third kappa shape index (κ3) is 4.16. The van der Waals surface area contributed by atoms with Crippen LogP contribution < -0.4 is 15.0 Å². The Balaban J connectivity index is 1.96. The van der Waals surface area contributed by atoms with Crippen molar-refractivity contribution in [2.75, 3.05) is 14.2 Å². The van der Waals surface area contributed by atoms with E-state index in [1.165, 1.54) is 29.9 Å². The lowest BCUT2D eigenvalue weighted by molar-refractivity contribution is -0.384. The van der Waals surface area contributed by atoms with E-state index < -0.39 is 4.92 Å². The maximum atomic E-state index is 13.4. The lowest BCUT2D eigenvalue weighted by Gasteiger charge is -2.12. The Hall–Kier alpha value is -4.17. The van der Waals surface area contributed by atoms with E-state index in [1.807, 2.05) is 12.1 Å². The highest BCUT2D eigenvalue weighted by atomic mass is 35.5. The monoisotopic (exact) mass is 463 g/mol. The zero-order valence-electron chi connectivity index (χ0n) is 17.7. The lowest BCUT2D eigenvalue weighted by Crippen LogP contribution is -2.22. The first kappa shape index (κ1) is 22.0. The van der Waals surface area contributed by atoms with Crippen LogP contribution in [-0.4, -0.2) is 28.7 Å². The number of nitro benzene ring substituents is 1. The number of nitrogens with zero attached hydrogens (tertiary/aromatic N) is 3. The van der Waals surface area contributed by atoms with Gasteiger partial charge in [-0.25, -0.2) is 4.98 Å². The molecule has 0 saturated carbocycles. The quantitative estimate of drug-likeness (QED) is 0.290. The number of rotatable bonds is 6. The van der Waals surface area contributed by atoms with E-state index in [1.54, 1.807) is 49.6 Å². The van der Waals surface area contributed by atoms with Crippen molar-refractivity contribution in [1.29, 1.82) is 0 Å². The SMILES string of the molecule is COc1cccc(/C=C/c2nc3ccccc3c(=O)n2-c2ccc(Cl)c([N+](=O)[O-])c2)c1OC. The van der Waals surface area contributed by atoms with Gasteiger partial charge in [-0.05, 0) is 42.5 Å². The summed E-state index contributed by atoms with van der Waals surface area (Å²) in [4.78, 5) is 28.8. The van der Waals surface area contributed by atoms with Crippen LogP contribution in [0.4, 0.5) is 5.69 Å². The topological polar surface area (TPSA) is 96.5 Å². The Kier molecular flexibility index (Phi) is 6.10. The maximum absolute atomic E-state index is 13.4. The first-order chi connectivity index (χ1) is 15.9. The molecule has 0 spiro atoms. The van der Waals surface area contributed by atoms with Crippen LogP contribution in [0.3, 0.4) is 0 Å². The number of hydrogen-bond acceptors (Lipinski definition) is 6. The second kappa shape index (κ2) is 9.13. The average molecular weight is 464 g/mol. The Morgan fingerprint density at radius 1 is 1.03 bits per heavy atom. The molecule has 1 aromatic heterocycles. The summed E-state index contributed by atoms with van der Waals surface area (Å²) in [7, 11) is 3.08. The van der Waals surface area contributed by atoms with E-state index in [-0.39, 0.29) is 27.8 Å². The minimum atomic E-state index is -0.595. The second-order valence-electron chi connectivity index (χ2n) is 6.94. The molecule has 9 heteroatoms. The summed E-state index contributed by atoms with van der Waals surface area (Å²) in [5.41, 5.74) is 0.798. The second-order valence-corrected chi connectivity index (χ2v) is 7.34. The van der Waals surface area contributed by atoms with E-state index in [9.17, 15) is 14.9 Å². The molecule has 0 fully saturated rings. The van der Waals surface area contributed by atoms with Crippen LogP contribution in [0.25, 0.3) is 28.7 Å². The van der Waals surface area contributed by atoms with E-state index in [2.05, 4.69) is 4.98 Å². The molecule has 4 rings (SSSR count). The third-order valence-corrected chi connectivity index (χ3v) is 5.35. The van der Waals surface area contributed by atoms with Gasteiger partial charge in [0.25, 0.3) is 11.2 Å². The normalized spacial score (nSPS) is 11.1. The predicted octanol–water partition coefficient (Wildman–Crippen LogP) is 5.13. The molecule has 8 nitrogen and oxygen atoms in total. The fraction of sp³-hybridized carbons (Fsp3) is 0.0833. The van der Waals surface area contributed by atoms with Crippen molar-refractivity contribution in [3.63, 3.8) is 0 Å². The molecule has 166 valence electrons. The molecule has 0 atom stereocenters. The summed E-state index contributed by atoms with van der Waals surface area (Å²) < 4.78 is 12.1. The summed E-state index contributed by atoms with van der Waals surface area (Å²) in [5, 5.41) is 11.8. The summed E-state index contributed by atoms with van der Waals surface area (Å²) in [6.07, 6.45) is 3.38. The predicted molar refractivity (Wildman–Crippen MR) is 127 cm³/mol. The van der Waals surface area contributed by atoms with Crippen LogP contribution in [0.1, 0.15) is 11.4 Å². The van der Waals surface area contributed by atoms with Gasteiger partial charge in [0.1, 0.15) is 10.8 Å². The van der Waals surface area contributed by atoms with Crippen molar-refractivity contribution in [3.05, 3.63) is 97.5 Å². The number of para-hydroxylation sites is 2. The number of methoxy groups -OCH3 is 2. The van der Waals surface area contributed by atoms with Crippen molar-refractivity contribution in [3.8, 4) is 17.2 Å². The molecule has 3 aromatic carbocycles. The number of halogens is 1. The van der Waals surface area contributed by atoms with Crippen LogP contribution >= 0.6 is 11.6 Å². The van der Waals surface area contributed by atoms with Crippen molar-refractivity contribution >= 4 is 40.3 Å². The first-order valence-corrected chi connectivity index (χ1v) is 10.2. The highest BCUT2D eigenvalue weighted by Crippen LogP contribution is 2.32. The lowest BCUT2D eigenvalue weighted by atomic mass is 10.1. The zero-order valence-corrected chi connectivity index (χ0v) is 18.4. The van der Waals surface area contributed by atoms with Crippen molar-refractivity contribution < 1.29 is 14.4 Å². The summed E-state index contributed by atoms with van der Waals surface area (Å²) >= 11 is 5.97. The summed E-state index contributed by atoms with van der Waals surface area (Å²) in [6, 6.07) is 16.5. The van der Waals surface area contributed by atoms with Gasteiger partial charge in [-0.15, -0.1) is 0 Å². The van der Waals surface area contributed by atoms with E-state index in [4.69, 9.17) is 21.1 Å². The molecule has 0 aliphatic carbocycles. The zero-order chi connectivity index (χ0) is 23.5. The van der Waals surface area contributed by atoms with Crippen LogP contribution in [0.15, 0.2) is 65.5 Å². The number of hydrogen-bond donors (Lipinski definition) is 0. The number of nitro groups is 1. The maximum Gasteiger partial charge on any atom is 0.289 e. The van der Waals surface area contributed by atoms with Gasteiger partial charge in [0, 0.05) is 11.6 Å². The molecule has 0 radical (unpaired) electrons. The van der Waals surface area contributed by atoms with Crippen molar-refractivity contribution in [1.82, 2.24) is 9.55 Å². The highest BCUT2D eigenvalue weighted by molar-refractivity contribution is 6.32. The molecule has 0 amide bonds. The van der Waals surface area contributed by atoms with Crippen molar-refractivity contribution in [2.45, 2.75) is 0 Å². The number of ether oxygens (including phenoxy) is 2. The van der Waals surface area contributed by atoms with Gasteiger partial charge in [0.15, 0.2) is 11.5 Å². The molecule has 4 aromatic rings. The minimum Gasteiger partial charge on any atom is -0.493 e. The molecule has 0 N–H and O–H groups in total. The fourth-order valence-corrected chi connectivity index (χ4v) is 3.69. The van der Waals surface area contributed by atoms with Gasteiger partial charge in [-0.3, -0.25) is 19.5 Å². The fourth-order valence-electron chi connectivity index (χ4n) is 3.50. The molecule has 33 heavy (non-hydrogen) atoms. The average Bonchev–Trinajstić information content (AvgIpc) is 2.82. The standard InChI is InChI=1S/C24H18ClN3O5/c1-32-21-9-5-6-15(23(21)33-2)10-13-22-26-19-8-4-3-7-17(19)24(29)27(22)16-11-12-18(25)20(14-16)28(30)31/h3-14H,1-2H3/b13-10+. The molecular formula is C24H18ClN3O5. The van der Waals surface area contributed by atoms with Crippen LogP contribution in [0.5, 0.6) is 11.5 Å². The number of aromatic nitrogens is 2. The minimum absolute atomic E-state index is 0.0243.